The Morgan fingerprint density at radius 3 is 2.53 bits per heavy atom. The Bertz CT molecular complexity index is 1220. The van der Waals surface area contributed by atoms with Crippen molar-refractivity contribution in [3.05, 3.63) is 59.0 Å². The van der Waals surface area contributed by atoms with E-state index in [0.29, 0.717) is 50.1 Å². The number of amides is 1. The number of nitrogens with zero attached hydrogens (tertiary/aromatic N) is 2. The maximum absolute atomic E-state index is 13.3. The van der Waals surface area contributed by atoms with Crippen LogP contribution in [0.4, 0.5) is 0 Å². The van der Waals surface area contributed by atoms with E-state index in [1.807, 2.05) is 29.2 Å². The van der Waals surface area contributed by atoms with E-state index in [2.05, 4.69) is 29.2 Å². The average molecular weight is 475 g/mol. The van der Waals surface area contributed by atoms with Crippen molar-refractivity contribution in [3.8, 4) is 11.1 Å². The summed E-state index contributed by atoms with van der Waals surface area (Å²) in [5.41, 5.74) is 2.80. The van der Waals surface area contributed by atoms with E-state index in [-0.39, 0.29) is 11.7 Å². The number of ketones is 1. The van der Waals surface area contributed by atoms with E-state index in [1.165, 1.54) is 25.9 Å². The first-order valence-corrected chi connectivity index (χ1v) is 13.2. The molecule has 5 nitrogen and oxygen atoms in total. The van der Waals surface area contributed by atoms with Crippen LogP contribution < -0.4 is 0 Å². The van der Waals surface area contributed by atoms with Crippen molar-refractivity contribution in [2.45, 2.75) is 19.3 Å². The number of hydrogen-bond acceptors (Lipinski definition) is 5. The van der Waals surface area contributed by atoms with Crippen molar-refractivity contribution < 1.29 is 14.3 Å². The van der Waals surface area contributed by atoms with E-state index in [1.54, 1.807) is 11.3 Å². The second-order valence-electron chi connectivity index (χ2n) is 9.85. The summed E-state index contributed by atoms with van der Waals surface area (Å²) in [6, 6.07) is 16.2. The monoisotopic (exact) mass is 474 g/mol. The average Bonchev–Trinajstić information content (AvgIpc) is 3.34. The van der Waals surface area contributed by atoms with Gasteiger partial charge in [-0.25, -0.2) is 0 Å². The van der Waals surface area contributed by atoms with Gasteiger partial charge in [-0.05, 0) is 72.5 Å². The molecule has 3 aromatic rings. The smallest absolute Gasteiger partial charge is 0.254 e. The van der Waals surface area contributed by atoms with Gasteiger partial charge in [0.2, 0.25) is 0 Å². The Morgan fingerprint density at radius 2 is 1.76 bits per heavy atom. The molecule has 5 heterocycles. The number of piperidine rings is 3. The molecular formula is C28H30N2O3S. The van der Waals surface area contributed by atoms with E-state index in [4.69, 9.17) is 4.74 Å². The molecule has 4 saturated heterocycles. The van der Waals surface area contributed by atoms with Crippen LogP contribution in [0.2, 0.25) is 0 Å². The molecule has 176 valence electrons. The molecule has 4 fully saturated rings. The first-order chi connectivity index (χ1) is 16.7. The van der Waals surface area contributed by atoms with Crippen LogP contribution in [-0.4, -0.2) is 67.4 Å². The molecule has 1 amide bonds. The normalized spacial score (nSPS) is 24.5. The highest BCUT2D eigenvalue weighted by Gasteiger charge is 2.35. The third-order valence-electron chi connectivity index (χ3n) is 7.78. The SMILES string of the molecule is O=C(C[C@H]1CN2CCC1CC2)c1cc2cccc(-c3cccc(C(=O)N4CCOCC4)c3)c2s1. The molecule has 0 saturated carbocycles. The van der Waals surface area contributed by atoms with Crippen LogP contribution >= 0.6 is 11.3 Å². The lowest BCUT2D eigenvalue weighted by Crippen LogP contribution is -2.47. The summed E-state index contributed by atoms with van der Waals surface area (Å²) in [6.07, 6.45) is 3.15. The van der Waals surface area contributed by atoms with E-state index in [0.717, 1.165) is 32.6 Å². The first kappa shape index (κ1) is 22.0. The quantitative estimate of drug-likeness (QED) is 0.491. The van der Waals surface area contributed by atoms with Crippen LogP contribution in [0.5, 0.6) is 0 Å². The van der Waals surface area contributed by atoms with Crippen LogP contribution in [0, 0.1) is 11.8 Å². The lowest BCUT2D eigenvalue weighted by atomic mass is 9.76. The van der Waals surface area contributed by atoms with Crippen LogP contribution in [0.25, 0.3) is 21.2 Å². The van der Waals surface area contributed by atoms with Gasteiger partial charge in [-0.1, -0.05) is 30.3 Å². The second kappa shape index (κ2) is 9.25. The van der Waals surface area contributed by atoms with Gasteiger partial charge < -0.3 is 14.5 Å². The van der Waals surface area contributed by atoms with Crippen molar-refractivity contribution in [3.63, 3.8) is 0 Å². The molecule has 7 rings (SSSR count). The third-order valence-corrected chi connectivity index (χ3v) is 9.00. The molecule has 34 heavy (non-hydrogen) atoms. The molecule has 0 aliphatic carbocycles. The predicted octanol–water partition coefficient (Wildman–Crippen LogP) is 4.96. The highest BCUT2D eigenvalue weighted by Crippen LogP contribution is 2.38. The standard InChI is InChI=1S/C28H30N2O3S/c31-25(16-23-18-29-9-7-19(23)8-10-29)26-17-21-4-2-6-24(27(21)34-26)20-3-1-5-22(15-20)28(32)30-11-13-33-14-12-30/h1-6,15,17,19,23H,7-14,16,18H2/t23-/m0/s1. The lowest BCUT2D eigenvalue weighted by Gasteiger charge is -2.44. The fourth-order valence-electron chi connectivity index (χ4n) is 5.85. The zero-order chi connectivity index (χ0) is 23.1. The Kier molecular flexibility index (Phi) is 5.97. The molecule has 1 aromatic heterocycles. The van der Waals surface area contributed by atoms with Crippen molar-refractivity contribution in [1.82, 2.24) is 9.80 Å². The topological polar surface area (TPSA) is 49.9 Å². The summed E-state index contributed by atoms with van der Waals surface area (Å²) in [5.74, 6) is 1.55. The summed E-state index contributed by atoms with van der Waals surface area (Å²) in [5, 5.41) is 1.10. The fourth-order valence-corrected chi connectivity index (χ4v) is 7.00. The molecule has 0 radical (unpaired) electrons. The number of ether oxygens (including phenoxy) is 1. The highest BCUT2D eigenvalue weighted by atomic mass is 32.1. The molecular weight excluding hydrogens is 444 g/mol. The number of Topliss-reactive ketones (excluding diaryl/α,β-unsaturated/α-hetero) is 1. The van der Waals surface area contributed by atoms with Crippen LogP contribution in [0.15, 0.2) is 48.5 Å². The van der Waals surface area contributed by atoms with Crippen molar-refractivity contribution in [1.29, 1.82) is 0 Å². The maximum atomic E-state index is 13.3. The van der Waals surface area contributed by atoms with Gasteiger partial charge in [-0.15, -0.1) is 11.3 Å². The zero-order valence-electron chi connectivity index (χ0n) is 19.4. The van der Waals surface area contributed by atoms with E-state index < -0.39 is 0 Å². The number of carbonyl (C=O) groups excluding carboxylic acids is 2. The summed E-state index contributed by atoms with van der Waals surface area (Å²) in [4.78, 5) is 31.5. The molecule has 1 atom stereocenters. The van der Waals surface area contributed by atoms with Gasteiger partial charge in [-0.3, -0.25) is 9.59 Å². The molecule has 6 heteroatoms. The molecule has 2 bridgehead atoms. The maximum Gasteiger partial charge on any atom is 0.254 e. The minimum atomic E-state index is 0.0527. The molecule has 4 aliphatic heterocycles. The fraction of sp³-hybridized carbons (Fsp3) is 0.429. The minimum absolute atomic E-state index is 0.0527. The number of hydrogen-bond donors (Lipinski definition) is 0. The minimum Gasteiger partial charge on any atom is -0.378 e. The highest BCUT2D eigenvalue weighted by molar-refractivity contribution is 7.21. The number of fused-ring (bicyclic) bond motifs is 4. The van der Waals surface area contributed by atoms with E-state index >= 15 is 0 Å². The van der Waals surface area contributed by atoms with Gasteiger partial charge in [0.05, 0.1) is 18.1 Å². The van der Waals surface area contributed by atoms with Gasteiger partial charge in [0, 0.05) is 36.3 Å². The lowest BCUT2D eigenvalue weighted by molar-refractivity contribution is 0.0303. The van der Waals surface area contributed by atoms with Crippen LogP contribution in [0.3, 0.4) is 0 Å². The Labute approximate surface area is 204 Å². The molecule has 0 spiro atoms. The van der Waals surface area contributed by atoms with Crippen molar-refractivity contribution in [2.24, 2.45) is 11.8 Å². The number of benzene rings is 2. The van der Waals surface area contributed by atoms with Gasteiger partial charge >= 0.3 is 0 Å². The molecule has 2 aromatic carbocycles. The number of morpholine rings is 1. The van der Waals surface area contributed by atoms with Gasteiger partial charge in [0.25, 0.3) is 5.91 Å². The number of carbonyl (C=O) groups is 2. The summed E-state index contributed by atoms with van der Waals surface area (Å²) in [7, 11) is 0. The summed E-state index contributed by atoms with van der Waals surface area (Å²) >= 11 is 1.60. The number of thiophene rings is 1. The molecule has 0 N–H and O–H groups in total. The molecule has 0 unspecified atom stereocenters. The predicted molar refractivity (Wildman–Crippen MR) is 136 cm³/mol. The Morgan fingerprint density at radius 1 is 0.971 bits per heavy atom. The van der Waals surface area contributed by atoms with Gasteiger partial charge in [-0.2, -0.15) is 0 Å². The van der Waals surface area contributed by atoms with E-state index in [9.17, 15) is 9.59 Å². The largest absolute Gasteiger partial charge is 0.378 e. The number of rotatable bonds is 5. The summed E-state index contributed by atoms with van der Waals surface area (Å²) < 4.78 is 6.51. The van der Waals surface area contributed by atoms with Crippen LogP contribution in [-0.2, 0) is 4.74 Å². The van der Waals surface area contributed by atoms with Crippen molar-refractivity contribution >= 4 is 33.1 Å². The second-order valence-corrected chi connectivity index (χ2v) is 10.9. The van der Waals surface area contributed by atoms with Crippen LogP contribution in [0.1, 0.15) is 39.3 Å². The zero-order valence-corrected chi connectivity index (χ0v) is 20.2. The van der Waals surface area contributed by atoms with Gasteiger partial charge in [0.1, 0.15) is 0 Å². The Balaban J connectivity index is 1.26. The van der Waals surface area contributed by atoms with Crippen molar-refractivity contribution in [2.75, 3.05) is 45.9 Å². The summed E-state index contributed by atoms with van der Waals surface area (Å²) in [6.45, 7) is 5.94. The molecule has 4 aliphatic rings. The Hall–Kier alpha value is -2.54. The van der Waals surface area contributed by atoms with Gasteiger partial charge in [0.15, 0.2) is 5.78 Å². The third kappa shape index (κ3) is 4.19. The first-order valence-electron chi connectivity index (χ1n) is 12.4.